The molecule has 0 amide bonds. The van der Waals surface area contributed by atoms with E-state index in [4.69, 9.17) is 0 Å². The quantitative estimate of drug-likeness (QED) is 0.830. The van der Waals surface area contributed by atoms with Gasteiger partial charge in [-0.2, -0.15) is 0 Å². The van der Waals surface area contributed by atoms with Crippen molar-refractivity contribution in [2.45, 2.75) is 65.5 Å². The van der Waals surface area contributed by atoms with Crippen LogP contribution in [-0.2, 0) is 0 Å². The molecule has 0 aromatic heterocycles. The lowest BCUT2D eigenvalue weighted by molar-refractivity contribution is 0.0913. The van der Waals surface area contributed by atoms with Gasteiger partial charge < -0.3 is 5.32 Å². The molecule has 0 radical (unpaired) electrons. The summed E-state index contributed by atoms with van der Waals surface area (Å²) in [7, 11) is 0. The molecular formula is C16H32N2. The number of nitrogens with one attached hydrogen (secondary N) is 1. The summed E-state index contributed by atoms with van der Waals surface area (Å²) < 4.78 is 0. The minimum Gasteiger partial charge on any atom is -0.311 e. The minimum absolute atomic E-state index is 0.698. The predicted octanol–water partition coefficient (Wildman–Crippen LogP) is 3.13. The maximum absolute atomic E-state index is 3.70. The predicted molar refractivity (Wildman–Crippen MR) is 78.8 cm³/mol. The van der Waals surface area contributed by atoms with E-state index in [0.717, 1.165) is 23.8 Å². The molecule has 0 bridgehead atoms. The molecule has 0 aromatic rings. The highest BCUT2D eigenvalue weighted by atomic mass is 15.2. The van der Waals surface area contributed by atoms with Gasteiger partial charge in [-0.3, -0.25) is 4.90 Å². The molecule has 0 aromatic carbocycles. The number of hydrogen-bond acceptors (Lipinski definition) is 2. The SMILES string of the molecule is CC1CCC(CN2CC(C(C)C)NCC2C)CC1. The number of rotatable bonds is 3. The van der Waals surface area contributed by atoms with Gasteiger partial charge in [-0.15, -0.1) is 0 Å². The fourth-order valence-electron chi connectivity index (χ4n) is 3.49. The van der Waals surface area contributed by atoms with Gasteiger partial charge in [0.25, 0.3) is 0 Å². The summed E-state index contributed by atoms with van der Waals surface area (Å²) in [5, 5.41) is 3.70. The first-order valence-corrected chi connectivity index (χ1v) is 8.03. The fraction of sp³-hybridized carbons (Fsp3) is 1.00. The Bertz CT molecular complexity index is 243. The monoisotopic (exact) mass is 252 g/mol. The summed E-state index contributed by atoms with van der Waals surface area (Å²) in [5.41, 5.74) is 0. The molecule has 1 saturated carbocycles. The topological polar surface area (TPSA) is 15.3 Å². The Hall–Kier alpha value is -0.0800. The average molecular weight is 252 g/mol. The molecule has 18 heavy (non-hydrogen) atoms. The minimum atomic E-state index is 0.698. The van der Waals surface area contributed by atoms with E-state index >= 15 is 0 Å². The third-order valence-corrected chi connectivity index (χ3v) is 5.16. The average Bonchev–Trinajstić information content (AvgIpc) is 2.34. The molecule has 1 saturated heterocycles. The zero-order valence-corrected chi connectivity index (χ0v) is 12.8. The van der Waals surface area contributed by atoms with Crippen molar-refractivity contribution in [3.05, 3.63) is 0 Å². The maximum Gasteiger partial charge on any atom is 0.0218 e. The van der Waals surface area contributed by atoms with E-state index in [1.165, 1.54) is 45.3 Å². The largest absolute Gasteiger partial charge is 0.311 e. The first kappa shape index (κ1) is 14.3. The first-order chi connectivity index (χ1) is 8.56. The number of piperazine rings is 1. The summed E-state index contributed by atoms with van der Waals surface area (Å²) in [4.78, 5) is 2.75. The third kappa shape index (κ3) is 3.71. The van der Waals surface area contributed by atoms with Gasteiger partial charge in [-0.05, 0) is 37.5 Å². The molecule has 2 unspecified atom stereocenters. The second kappa shape index (κ2) is 6.38. The Balaban J connectivity index is 1.83. The van der Waals surface area contributed by atoms with Crippen LogP contribution < -0.4 is 5.32 Å². The Morgan fingerprint density at radius 3 is 2.39 bits per heavy atom. The zero-order chi connectivity index (χ0) is 13.1. The van der Waals surface area contributed by atoms with Gasteiger partial charge in [0.2, 0.25) is 0 Å². The van der Waals surface area contributed by atoms with E-state index in [0.29, 0.717) is 6.04 Å². The molecule has 0 spiro atoms. The first-order valence-electron chi connectivity index (χ1n) is 8.03. The molecule has 2 nitrogen and oxygen atoms in total. The maximum atomic E-state index is 3.70. The lowest BCUT2D eigenvalue weighted by Gasteiger charge is -2.42. The molecule has 1 N–H and O–H groups in total. The van der Waals surface area contributed by atoms with Crippen LogP contribution in [0.25, 0.3) is 0 Å². The van der Waals surface area contributed by atoms with Gasteiger partial charge in [-0.25, -0.2) is 0 Å². The van der Waals surface area contributed by atoms with Crippen molar-refractivity contribution in [3.8, 4) is 0 Å². The highest BCUT2D eigenvalue weighted by molar-refractivity contribution is 4.87. The molecule has 106 valence electrons. The Kier molecular flexibility index (Phi) is 5.08. The second-order valence-corrected chi connectivity index (χ2v) is 7.19. The van der Waals surface area contributed by atoms with E-state index in [2.05, 4.69) is 37.9 Å². The highest BCUT2D eigenvalue weighted by Crippen LogP contribution is 2.29. The molecule has 2 heteroatoms. The van der Waals surface area contributed by atoms with E-state index in [1.807, 2.05) is 0 Å². The van der Waals surface area contributed by atoms with Crippen molar-refractivity contribution in [2.75, 3.05) is 19.6 Å². The summed E-state index contributed by atoms with van der Waals surface area (Å²) in [5.74, 6) is 2.70. The summed E-state index contributed by atoms with van der Waals surface area (Å²) in [6.45, 7) is 13.3. The molecule has 2 fully saturated rings. The molecular weight excluding hydrogens is 220 g/mol. The van der Waals surface area contributed by atoms with Crippen LogP contribution in [0.2, 0.25) is 0 Å². The molecule has 1 aliphatic heterocycles. The van der Waals surface area contributed by atoms with Crippen LogP contribution in [-0.4, -0.2) is 36.6 Å². The van der Waals surface area contributed by atoms with Crippen molar-refractivity contribution >= 4 is 0 Å². The van der Waals surface area contributed by atoms with E-state index in [9.17, 15) is 0 Å². The molecule has 2 aliphatic rings. The number of hydrogen-bond donors (Lipinski definition) is 1. The van der Waals surface area contributed by atoms with Gasteiger partial charge >= 0.3 is 0 Å². The zero-order valence-electron chi connectivity index (χ0n) is 12.8. The van der Waals surface area contributed by atoms with Crippen molar-refractivity contribution in [2.24, 2.45) is 17.8 Å². The van der Waals surface area contributed by atoms with E-state index < -0.39 is 0 Å². The van der Waals surface area contributed by atoms with Crippen LogP contribution >= 0.6 is 0 Å². The molecule has 2 rings (SSSR count). The molecule has 1 aliphatic carbocycles. The second-order valence-electron chi connectivity index (χ2n) is 7.19. The summed E-state index contributed by atoms with van der Waals surface area (Å²) in [6, 6.07) is 1.42. The van der Waals surface area contributed by atoms with Crippen LogP contribution in [0.3, 0.4) is 0 Å². The normalized spacial score (nSPS) is 39.2. The Morgan fingerprint density at radius 1 is 1.11 bits per heavy atom. The Labute approximate surface area is 114 Å². The summed E-state index contributed by atoms with van der Waals surface area (Å²) in [6.07, 6.45) is 5.84. The van der Waals surface area contributed by atoms with Crippen LogP contribution in [0.1, 0.15) is 53.4 Å². The lowest BCUT2D eigenvalue weighted by atomic mass is 9.82. The van der Waals surface area contributed by atoms with E-state index in [-0.39, 0.29) is 0 Å². The fourth-order valence-corrected chi connectivity index (χ4v) is 3.49. The van der Waals surface area contributed by atoms with Crippen molar-refractivity contribution in [1.29, 1.82) is 0 Å². The standard InChI is InChI=1S/C16H32N2/c1-12(2)16-11-18(14(4)9-17-16)10-15-7-5-13(3)6-8-15/h12-17H,5-11H2,1-4H3. The smallest absolute Gasteiger partial charge is 0.0218 e. The highest BCUT2D eigenvalue weighted by Gasteiger charge is 2.29. The molecule has 1 heterocycles. The van der Waals surface area contributed by atoms with Crippen LogP contribution in [0.5, 0.6) is 0 Å². The van der Waals surface area contributed by atoms with Gasteiger partial charge in [0.1, 0.15) is 0 Å². The third-order valence-electron chi connectivity index (χ3n) is 5.16. The molecule has 2 atom stereocenters. The lowest BCUT2D eigenvalue weighted by Crippen LogP contribution is -2.58. The van der Waals surface area contributed by atoms with Gasteiger partial charge in [0.05, 0.1) is 0 Å². The van der Waals surface area contributed by atoms with Crippen molar-refractivity contribution in [1.82, 2.24) is 10.2 Å². The van der Waals surface area contributed by atoms with Crippen LogP contribution in [0.4, 0.5) is 0 Å². The van der Waals surface area contributed by atoms with Gasteiger partial charge in [0.15, 0.2) is 0 Å². The Morgan fingerprint density at radius 2 is 1.78 bits per heavy atom. The van der Waals surface area contributed by atoms with Crippen molar-refractivity contribution in [3.63, 3.8) is 0 Å². The van der Waals surface area contributed by atoms with Gasteiger partial charge in [0, 0.05) is 31.7 Å². The van der Waals surface area contributed by atoms with E-state index in [1.54, 1.807) is 0 Å². The van der Waals surface area contributed by atoms with Crippen LogP contribution in [0, 0.1) is 17.8 Å². The van der Waals surface area contributed by atoms with Crippen molar-refractivity contribution < 1.29 is 0 Å². The number of nitrogens with zero attached hydrogens (tertiary/aromatic N) is 1. The summed E-state index contributed by atoms with van der Waals surface area (Å²) >= 11 is 0. The van der Waals surface area contributed by atoms with Gasteiger partial charge in [-0.1, -0.05) is 33.6 Å². The van der Waals surface area contributed by atoms with Crippen LogP contribution in [0.15, 0.2) is 0 Å².